The van der Waals surface area contributed by atoms with Crippen molar-refractivity contribution >= 4 is 27.9 Å². The van der Waals surface area contributed by atoms with Crippen molar-refractivity contribution in [2.75, 3.05) is 13.7 Å². The molecular weight excluding hydrogens is 174 g/mol. The van der Waals surface area contributed by atoms with Gasteiger partial charge in [0.2, 0.25) is 0 Å². The SMILES string of the molecule is CCCN(SCl)C(=O)OC. The maximum atomic E-state index is 10.7. The van der Waals surface area contributed by atoms with Gasteiger partial charge in [0.1, 0.15) is 0 Å². The predicted octanol–water partition coefficient (Wildman–Crippen LogP) is 2.27. The van der Waals surface area contributed by atoms with Gasteiger partial charge in [0.15, 0.2) is 0 Å². The molecular formula is C5H10ClNO2S. The fraction of sp³-hybridized carbons (Fsp3) is 0.800. The summed E-state index contributed by atoms with van der Waals surface area (Å²) in [7, 11) is 6.69. The largest absolute Gasteiger partial charge is 0.452 e. The van der Waals surface area contributed by atoms with E-state index in [1.54, 1.807) is 0 Å². The molecule has 3 nitrogen and oxygen atoms in total. The Balaban J connectivity index is 3.68. The maximum Gasteiger partial charge on any atom is 0.420 e. The molecule has 0 rings (SSSR count). The average Bonchev–Trinajstić information content (AvgIpc) is 1.99. The van der Waals surface area contributed by atoms with Crippen LogP contribution in [-0.2, 0) is 4.74 Å². The van der Waals surface area contributed by atoms with E-state index >= 15 is 0 Å². The summed E-state index contributed by atoms with van der Waals surface area (Å²) in [6.07, 6.45) is 0.469. The molecule has 0 N–H and O–H groups in total. The van der Waals surface area contributed by atoms with Gasteiger partial charge in [-0.2, -0.15) is 0 Å². The molecule has 0 spiro atoms. The van der Waals surface area contributed by atoms with Crippen LogP contribution >= 0.6 is 21.8 Å². The summed E-state index contributed by atoms with van der Waals surface area (Å²) >= 11 is 0.858. The van der Waals surface area contributed by atoms with Crippen LogP contribution < -0.4 is 0 Å². The van der Waals surface area contributed by atoms with E-state index in [-0.39, 0.29) is 0 Å². The Hall–Kier alpha value is -0.0900. The van der Waals surface area contributed by atoms with Crippen molar-refractivity contribution in [3.05, 3.63) is 0 Å². The predicted molar refractivity (Wildman–Crippen MR) is 42.8 cm³/mol. The van der Waals surface area contributed by atoms with Gasteiger partial charge in [-0.15, -0.1) is 0 Å². The normalized spacial score (nSPS) is 9.10. The van der Waals surface area contributed by atoms with Gasteiger partial charge in [-0.05, 0) is 17.1 Å². The number of carbonyl (C=O) groups is 1. The van der Waals surface area contributed by atoms with Crippen LogP contribution in [0, 0.1) is 0 Å². The van der Waals surface area contributed by atoms with Crippen molar-refractivity contribution < 1.29 is 9.53 Å². The van der Waals surface area contributed by atoms with Crippen molar-refractivity contribution in [2.24, 2.45) is 0 Å². The van der Waals surface area contributed by atoms with E-state index in [0.29, 0.717) is 6.54 Å². The highest BCUT2D eigenvalue weighted by atomic mass is 35.7. The fourth-order valence-corrected chi connectivity index (χ4v) is 1.22. The Labute approximate surface area is 69.3 Å². The fourth-order valence-electron chi connectivity index (χ4n) is 0.459. The van der Waals surface area contributed by atoms with Crippen LogP contribution in [0.5, 0.6) is 0 Å². The van der Waals surface area contributed by atoms with Gasteiger partial charge >= 0.3 is 6.09 Å². The molecule has 60 valence electrons. The highest BCUT2D eigenvalue weighted by Crippen LogP contribution is 2.15. The first-order valence-electron chi connectivity index (χ1n) is 2.90. The molecule has 0 saturated carbocycles. The van der Waals surface area contributed by atoms with Crippen molar-refractivity contribution in [3.63, 3.8) is 0 Å². The van der Waals surface area contributed by atoms with Crippen LogP contribution in [0.4, 0.5) is 4.79 Å². The number of ether oxygens (including phenoxy) is 1. The third kappa shape index (κ3) is 3.17. The summed E-state index contributed by atoms with van der Waals surface area (Å²) in [6.45, 7) is 2.57. The Morgan fingerprint density at radius 3 is 2.70 bits per heavy atom. The topological polar surface area (TPSA) is 29.5 Å². The number of rotatable bonds is 3. The molecule has 5 heteroatoms. The van der Waals surface area contributed by atoms with Crippen LogP contribution in [0.1, 0.15) is 13.3 Å². The first-order chi connectivity index (χ1) is 4.76. The van der Waals surface area contributed by atoms with Crippen LogP contribution in [0.25, 0.3) is 0 Å². The molecule has 1 amide bonds. The molecule has 0 aliphatic carbocycles. The van der Waals surface area contributed by atoms with Gasteiger partial charge in [-0.25, -0.2) is 9.10 Å². The minimum Gasteiger partial charge on any atom is -0.452 e. The quantitative estimate of drug-likeness (QED) is 0.629. The molecule has 0 atom stereocenters. The smallest absolute Gasteiger partial charge is 0.420 e. The van der Waals surface area contributed by atoms with E-state index in [9.17, 15) is 4.79 Å². The Morgan fingerprint density at radius 1 is 1.80 bits per heavy atom. The van der Waals surface area contributed by atoms with Crippen molar-refractivity contribution in [3.8, 4) is 0 Å². The van der Waals surface area contributed by atoms with Gasteiger partial charge in [0.05, 0.1) is 18.3 Å². The second kappa shape index (κ2) is 5.68. The molecule has 0 aromatic heterocycles. The molecule has 0 fully saturated rings. The molecule has 0 heterocycles. The highest BCUT2D eigenvalue weighted by molar-refractivity contribution is 8.19. The number of nitrogens with zero attached hydrogens (tertiary/aromatic N) is 1. The second-order valence-corrected chi connectivity index (χ2v) is 2.63. The number of methoxy groups -OCH3 is 1. The van der Waals surface area contributed by atoms with Gasteiger partial charge in [-0.3, -0.25) is 0 Å². The van der Waals surface area contributed by atoms with E-state index in [2.05, 4.69) is 4.74 Å². The number of hydrogen-bond acceptors (Lipinski definition) is 3. The highest BCUT2D eigenvalue weighted by Gasteiger charge is 2.11. The zero-order valence-corrected chi connectivity index (χ0v) is 7.54. The van der Waals surface area contributed by atoms with Gasteiger partial charge in [-0.1, -0.05) is 6.92 Å². The van der Waals surface area contributed by atoms with Crippen molar-refractivity contribution in [1.82, 2.24) is 4.31 Å². The van der Waals surface area contributed by atoms with E-state index in [1.807, 2.05) is 6.92 Å². The summed E-state index contributed by atoms with van der Waals surface area (Å²) in [6, 6.07) is 0. The van der Waals surface area contributed by atoms with Crippen LogP contribution in [-0.4, -0.2) is 24.1 Å². The minimum absolute atomic E-state index is 0.401. The van der Waals surface area contributed by atoms with Gasteiger partial charge in [0, 0.05) is 6.54 Å². The Kier molecular flexibility index (Phi) is 5.63. The van der Waals surface area contributed by atoms with E-state index < -0.39 is 6.09 Å². The van der Waals surface area contributed by atoms with E-state index in [1.165, 1.54) is 11.4 Å². The summed E-state index contributed by atoms with van der Waals surface area (Å²) in [5, 5.41) is 0. The summed E-state index contributed by atoms with van der Waals surface area (Å²) in [4.78, 5) is 10.7. The van der Waals surface area contributed by atoms with E-state index in [4.69, 9.17) is 10.7 Å². The standard InChI is InChI=1S/C5H10ClNO2S/c1-3-4-7(10-6)5(8)9-2/h3-4H2,1-2H3. The van der Waals surface area contributed by atoms with E-state index in [0.717, 1.165) is 17.6 Å². The molecule has 10 heavy (non-hydrogen) atoms. The lowest BCUT2D eigenvalue weighted by atomic mass is 10.5. The lowest BCUT2D eigenvalue weighted by Gasteiger charge is -2.13. The van der Waals surface area contributed by atoms with Crippen molar-refractivity contribution in [1.29, 1.82) is 0 Å². The number of halogens is 1. The first kappa shape index (κ1) is 9.91. The van der Waals surface area contributed by atoms with Gasteiger partial charge in [0.25, 0.3) is 0 Å². The average molecular weight is 184 g/mol. The Bertz CT molecular complexity index is 112. The monoisotopic (exact) mass is 183 g/mol. The number of amides is 1. The third-order valence-electron chi connectivity index (χ3n) is 0.888. The number of hydrogen-bond donors (Lipinski definition) is 0. The zero-order chi connectivity index (χ0) is 7.98. The third-order valence-corrected chi connectivity index (χ3v) is 1.89. The molecule has 0 bridgehead atoms. The summed E-state index contributed by atoms with van der Waals surface area (Å²) < 4.78 is 5.79. The molecule has 0 saturated heterocycles. The number of carbonyl (C=O) groups excluding carboxylic acids is 1. The van der Waals surface area contributed by atoms with Gasteiger partial charge < -0.3 is 4.74 Å². The first-order valence-corrected chi connectivity index (χ1v) is 4.50. The second-order valence-electron chi connectivity index (χ2n) is 1.64. The minimum atomic E-state index is -0.401. The van der Waals surface area contributed by atoms with Crippen LogP contribution in [0.2, 0.25) is 0 Å². The molecule has 0 aromatic carbocycles. The summed E-state index contributed by atoms with van der Waals surface area (Å²) in [5.41, 5.74) is 0. The molecule has 0 aliphatic rings. The molecule has 0 unspecified atom stereocenters. The summed E-state index contributed by atoms with van der Waals surface area (Å²) in [5.74, 6) is 0. The maximum absolute atomic E-state index is 10.7. The lowest BCUT2D eigenvalue weighted by Crippen LogP contribution is -2.23. The van der Waals surface area contributed by atoms with Crippen LogP contribution in [0.3, 0.4) is 0 Å². The molecule has 0 aliphatic heterocycles. The van der Waals surface area contributed by atoms with Crippen LogP contribution in [0.15, 0.2) is 0 Å². The zero-order valence-electron chi connectivity index (χ0n) is 5.96. The molecule has 0 radical (unpaired) electrons. The lowest BCUT2D eigenvalue weighted by molar-refractivity contribution is 0.152. The molecule has 0 aromatic rings. The Morgan fingerprint density at radius 2 is 2.40 bits per heavy atom. The van der Waals surface area contributed by atoms with Crippen molar-refractivity contribution in [2.45, 2.75) is 13.3 Å².